The molecule has 0 N–H and O–H groups in total. The zero-order valence-corrected chi connectivity index (χ0v) is 37.8. The van der Waals surface area contributed by atoms with Gasteiger partial charge < -0.3 is 14.0 Å². The lowest BCUT2D eigenvalue weighted by Gasteiger charge is -2.26. The Balaban J connectivity index is 0.801. The maximum Gasteiger partial charge on any atom is 0.0541 e. The summed E-state index contributed by atoms with van der Waals surface area (Å²) in [5, 5.41) is 5.05. The van der Waals surface area contributed by atoms with Gasteiger partial charge in [0.15, 0.2) is 0 Å². The standard InChI is InChI=1S/C66H45N3/c1-3-13-46(14-4-1)48-27-36-55(37-28-48)67(57-40-31-50(32-41-57)51-33-42-58(43-34-51)69-63-20-10-7-17-59(63)60-18-8-11-21-64(60)69)56-38-29-49(30-39-56)47-23-25-52(26-24-47)53-35-44-66-62(45-53)61-19-9-12-22-65(61)68(66)54-15-5-2-6-16-54/h1-45H. The van der Waals surface area contributed by atoms with E-state index in [9.17, 15) is 0 Å². The van der Waals surface area contributed by atoms with Crippen molar-refractivity contribution in [2.45, 2.75) is 0 Å². The Hall–Kier alpha value is -9.18. The lowest BCUT2D eigenvalue weighted by Crippen LogP contribution is -2.09. The van der Waals surface area contributed by atoms with Gasteiger partial charge in [-0.2, -0.15) is 0 Å². The minimum atomic E-state index is 1.09. The SMILES string of the molecule is c1ccc(-c2ccc(N(c3ccc(-c4ccc(-c5ccc6c(c5)c5ccccc5n6-c5ccccc5)cc4)cc3)c3ccc(-c4ccc(-n5c6ccccc6c6ccccc65)cc4)cc3)cc2)cc1. The monoisotopic (exact) mass is 879 g/mol. The molecule has 2 heterocycles. The highest BCUT2D eigenvalue weighted by atomic mass is 15.1. The summed E-state index contributed by atoms with van der Waals surface area (Å²) in [6, 6.07) is 98.9. The number of benzene rings is 11. The molecule has 0 aliphatic rings. The second-order valence-corrected chi connectivity index (χ2v) is 17.8. The van der Waals surface area contributed by atoms with Crippen molar-refractivity contribution in [2.24, 2.45) is 0 Å². The molecular weight excluding hydrogens is 835 g/mol. The number of hydrogen-bond acceptors (Lipinski definition) is 1. The van der Waals surface area contributed by atoms with Crippen LogP contribution in [-0.4, -0.2) is 9.13 Å². The number of rotatable bonds is 9. The van der Waals surface area contributed by atoms with Crippen LogP contribution in [0.2, 0.25) is 0 Å². The first-order valence-corrected chi connectivity index (χ1v) is 23.7. The van der Waals surface area contributed by atoms with Gasteiger partial charge in [-0.05, 0) is 136 Å². The van der Waals surface area contributed by atoms with E-state index in [1.165, 1.54) is 93.8 Å². The van der Waals surface area contributed by atoms with E-state index in [2.05, 4.69) is 287 Å². The van der Waals surface area contributed by atoms with Gasteiger partial charge in [0.05, 0.1) is 22.1 Å². The second kappa shape index (κ2) is 16.9. The molecule has 324 valence electrons. The van der Waals surface area contributed by atoms with Gasteiger partial charge in [0.1, 0.15) is 0 Å². The van der Waals surface area contributed by atoms with E-state index in [1.807, 2.05) is 0 Å². The first-order valence-electron chi connectivity index (χ1n) is 23.7. The molecule has 2 aromatic heterocycles. The van der Waals surface area contributed by atoms with Gasteiger partial charge >= 0.3 is 0 Å². The molecule has 69 heavy (non-hydrogen) atoms. The molecular formula is C66H45N3. The van der Waals surface area contributed by atoms with Gasteiger partial charge in [0.2, 0.25) is 0 Å². The van der Waals surface area contributed by atoms with Crippen molar-refractivity contribution in [2.75, 3.05) is 4.90 Å². The molecule has 0 spiro atoms. The summed E-state index contributed by atoms with van der Waals surface area (Å²) >= 11 is 0. The Bertz CT molecular complexity index is 3890. The Morgan fingerprint density at radius 1 is 0.203 bits per heavy atom. The Kier molecular flexibility index (Phi) is 9.84. The molecule has 0 unspecified atom stereocenters. The topological polar surface area (TPSA) is 13.1 Å². The van der Waals surface area contributed by atoms with Crippen LogP contribution in [0.5, 0.6) is 0 Å². The van der Waals surface area contributed by atoms with Crippen molar-refractivity contribution >= 4 is 60.7 Å². The third kappa shape index (κ3) is 7.16. The summed E-state index contributed by atoms with van der Waals surface area (Å²) in [6.07, 6.45) is 0. The minimum absolute atomic E-state index is 1.09. The van der Waals surface area contributed by atoms with Gasteiger partial charge in [-0.25, -0.2) is 0 Å². The van der Waals surface area contributed by atoms with Crippen LogP contribution in [0, 0.1) is 0 Å². The fourth-order valence-electron chi connectivity index (χ4n) is 10.4. The molecule has 3 nitrogen and oxygen atoms in total. The molecule has 0 saturated heterocycles. The lowest BCUT2D eigenvalue weighted by molar-refractivity contribution is 1.18. The fraction of sp³-hybridized carbons (Fsp3) is 0. The number of hydrogen-bond donors (Lipinski definition) is 0. The molecule has 0 radical (unpaired) electrons. The Morgan fingerprint density at radius 3 is 0.942 bits per heavy atom. The van der Waals surface area contributed by atoms with Crippen molar-refractivity contribution in [3.05, 3.63) is 273 Å². The number of para-hydroxylation sites is 4. The number of aromatic nitrogens is 2. The molecule has 13 aromatic rings. The minimum Gasteiger partial charge on any atom is -0.311 e. The van der Waals surface area contributed by atoms with E-state index in [-0.39, 0.29) is 0 Å². The maximum atomic E-state index is 2.37. The number of nitrogens with zero attached hydrogens (tertiary/aromatic N) is 3. The number of fused-ring (bicyclic) bond motifs is 6. The highest BCUT2D eigenvalue weighted by Gasteiger charge is 2.17. The smallest absolute Gasteiger partial charge is 0.0541 e. The third-order valence-corrected chi connectivity index (χ3v) is 13.8. The highest BCUT2D eigenvalue weighted by molar-refractivity contribution is 6.11. The van der Waals surface area contributed by atoms with E-state index in [4.69, 9.17) is 0 Å². The lowest BCUT2D eigenvalue weighted by atomic mass is 9.98. The van der Waals surface area contributed by atoms with E-state index in [1.54, 1.807) is 0 Å². The summed E-state index contributed by atoms with van der Waals surface area (Å²) in [6.45, 7) is 0. The second-order valence-electron chi connectivity index (χ2n) is 17.8. The van der Waals surface area contributed by atoms with E-state index in [0.29, 0.717) is 0 Å². The van der Waals surface area contributed by atoms with Crippen LogP contribution < -0.4 is 4.90 Å². The Morgan fingerprint density at radius 2 is 0.493 bits per heavy atom. The van der Waals surface area contributed by atoms with Crippen LogP contribution >= 0.6 is 0 Å². The molecule has 0 atom stereocenters. The van der Waals surface area contributed by atoms with Crippen LogP contribution in [0.4, 0.5) is 17.1 Å². The van der Waals surface area contributed by atoms with Crippen molar-refractivity contribution < 1.29 is 0 Å². The predicted molar refractivity (Wildman–Crippen MR) is 292 cm³/mol. The summed E-state index contributed by atoms with van der Waals surface area (Å²) < 4.78 is 4.73. The average Bonchev–Trinajstić information content (AvgIpc) is 3.95. The largest absolute Gasteiger partial charge is 0.311 e. The fourth-order valence-corrected chi connectivity index (χ4v) is 10.4. The van der Waals surface area contributed by atoms with Crippen LogP contribution in [0.3, 0.4) is 0 Å². The predicted octanol–water partition coefficient (Wildman–Crippen LogP) is 18.0. The molecule has 0 aliphatic heterocycles. The van der Waals surface area contributed by atoms with Crippen molar-refractivity contribution in [1.82, 2.24) is 9.13 Å². The normalized spacial score (nSPS) is 11.5. The van der Waals surface area contributed by atoms with Crippen LogP contribution in [0.15, 0.2) is 273 Å². The summed E-state index contributed by atoms with van der Waals surface area (Å²) in [5.41, 5.74) is 20.0. The van der Waals surface area contributed by atoms with Crippen molar-refractivity contribution in [3.8, 4) is 55.9 Å². The van der Waals surface area contributed by atoms with Crippen molar-refractivity contribution in [3.63, 3.8) is 0 Å². The van der Waals surface area contributed by atoms with Crippen molar-refractivity contribution in [1.29, 1.82) is 0 Å². The summed E-state index contributed by atoms with van der Waals surface area (Å²) in [4.78, 5) is 2.35. The third-order valence-electron chi connectivity index (χ3n) is 13.8. The quantitative estimate of drug-likeness (QED) is 0.141. The molecule has 3 heteroatoms. The average molecular weight is 880 g/mol. The zero-order chi connectivity index (χ0) is 45.7. The Labute approximate surface area is 401 Å². The maximum absolute atomic E-state index is 2.37. The van der Waals surface area contributed by atoms with E-state index >= 15 is 0 Å². The first kappa shape index (κ1) is 40.1. The first-order chi connectivity index (χ1) is 34.2. The van der Waals surface area contributed by atoms with Gasteiger partial charge in [-0.15, -0.1) is 0 Å². The van der Waals surface area contributed by atoms with E-state index in [0.717, 1.165) is 22.7 Å². The molecule has 13 rings (SSSR count). The number of anilines is 3. The van der Waals surface area contributed by atoms with Gasteiger partial charge in [0, 0.05) is 50.0 Å². The molecule has 0 amide bonds. The molecule has 0 aliphatic carbocycles. The summed E-state index contributed by atoms with van der Waals surface area (Å²) in [7, 11) is 0. The van der Waals surface area contributed by atoms with Gasteiger partial charge in [0.25, 0.3) is 0 Å². The molecule has 0 bridgehead atoms. The van der Waals surface area contributed by atoms with Crippen LogP contribution in [-0.2, 0) is 0 Å². The van der Waals surface area contributed by atoms with Gasteiger partial charge in [-0.1, -0.05) is 182 Å². The van der Waals surface area contributed by atoms with E-state index < -0.39 is 0 Å². The van der Waals surface area contributed by atoms with Crippen LogP contribution in [0.25, 0.3) is 99.5 Å². The highest BCUT2D eigenvalue weighted by Crippen LogP contribution is 2.40. The molecule has 0 saturated carbocycles. The zero-order valence-electron chi connectivity index (χ0n) is 37.8. The van der Waals surface area contributed by atoms with Crippen LogP contribution in [0.1, 0.15) is 0 Å². The molecule has 0 fully saturated rings. The van der Waals surface area contributed by atoms with Gasteiger partial charge in [-0.3, -0.25) is 0 Å². The summed E-state index contributed by atoms with van der Waals surface area (Å²) in [5.74, 6) is 0. The molecule has 11 aromatic carbocycles.